The number of thioether (sulfide) groups is 1. The predicted octanol–water partition coefficient (Wildman–Crippen LogP) is 0.476. The molecule has 0 aromatic carbocycles. The first kappa shape index (κ1) is 7.58. The molecular weight excluding hydrogens is 174 g/mol. The molecule has 1 saturated heterocycles. The Labute approximate surface area is 73.9 Å². The molecule has 2 aliphatic rings. The summed E-state index contributed by atoms with van der Waals surface area (Å²) in [5.41, 5.74) is 9.15. The lowest BCUT2D eigenvalue weighted by atomic mass is 10.2. The second-order valence-corrected chi connectivity index (χ2v) is 3.89. The van der Waals surface area contributed by atoms with Crippen LogP contribution in [0, 0.1) is 0 Å². The Morgan fingerprint density at radius 2 is 2.67 bits per heavy atom. The molecule has 1 atom stereocenters. The first-order chi connectivity index (χ1) is 5.81. The Kier molecular flexibility index (Phi) is 1.75. The molecule has 0 bridgehead atoms. The molecule has 5 heteroatoms. The molecule has 0 N–H and O–H groups in total. The van der Waals surface area contributed by atoms with Crippen LogP contribution in [0.15, 0.2) is 11.8 Å². The maximum Gasteiger partial charge on any atom is 0.286 e. The van der Waals surface area contributed by atoms with Crippen LogP contribution in [0.4, 0.5) is 0 Å². The van der Waals surface area contributed by atoms with E-state index in [1.165, 1.54) is 6.21 Å². The second kappa shape index (κ2) is 2.77. The van der Waals surface area contributed by atoms with E-state index in [-0.39, 0.29) is 5.91 Å². The van der Waals surface area contributed by atoms with Gasteiger partial charge in [0.25, 0.3) is 6.21 Å². The van der Waals surface area contributed by atoms with E-state index >= 15 is 0 Å². The monoisotopic (exact) mass is 181 g/mol. The van der Waals surface area contributed by atoms with Gasteiger partial charge in [-0.15, -0.1) is 11.8 Å². The highest BCUT2D eigenvalue weighted by Gasteiger charge is 2.38. The number of hydrogen-bond donors (Lipinski definition) is 0. The quantitative estimate of drug-likeness (QED) is 0.255. The lowest BCUT2D eigenvalue weighted by molar-refractivity contribution is -0.137. The van der Waals surface area contributed by atoms with Gasteiger partial charge in [-0.05, 0) is 0 Å². The minimum absolute atomic E-state index is 0.149. The topological polar surface area (TPSA) is 56.7 Å². The highest BCUT2D eigenvalue weighted by atomic mass is 32.2. The smallest absolute Gasteiger partial charge is 0.286 e. The summed E-state index contributed by atoms with van der Waals surface area (Å²) < 4.78 is 0. The molecule has 4 nitrogen and oxygen atoms in total. The predicted molar refractivity (Wildman–Crippen MR) is 45.5 cm³/mol. The number of fused-ring (bicyclic) bond motifs is 1. The van der Waals surface area contributed by atoms with Crippen LogP contribution in [0.2, 0.25) is 0 Å². The van der Waals surface area contributed by atoms with Crippen molar-refractivity contribution in [3.8, 4) is 0 Å². The first-order valence-corrected chi connectivity index (χ1v) is 4.67. The molecule has 1 amide bonds. The van der Waals surface area contributed by atoms with E-state index in [1.807, 2.05) is 0 Å². The Morgan fingerprint density at radius 1 is 1.83 bits per heavy atom. The zero-order valence-electron chi connectivity index (χ0n) is 6.30. The van der Waals surface area contributed by atoms with E-state index < -0.39 is 0 Å². The number of amides is 1. The number of carbonyl (C=O) groups is 1. The van der Waals surface area contributed by atoms with Crippen molar-refractivity contribution in [2.75, 3.05) is 5.75 Å². The third-order valence-corrected chi connectivity index (χ3v) is 3.20. The van der Waals surface area contributed by atoms with E-state index in [0.717, 1.165) is 11.3 Å². The van der Waals surface area contributed by atoms with Gasteiger partial charge in [-0.2, -0.15) is 4.79 Å². The zero-order chi connectivity index (χ0) is 8.55. The van der Waals surface area contributed by atoms with Crippen LogP contribution < -0.4 is 0 Å². The molecule has 0 aromatic rings. The van der Waals surface area contributed by atoms with E-state index in [9.17, 15) is 4.79 Å². The van der Waals surface area contributed by atoms with Gasteiger partial charge in [-0.25, -0.2) is 0 Å². The fourth-order valence-electron chi connectivity index (χ4n) is 1.25. The summed E-state index contributed by atoms with van der Waals surface area (Å²) in [5, 5.41) is 0.327. The molecule has 12 heavy (non-hydrogen) atoms. The summed E-state index contributed by atoms with van der Waals surface area (Å²) >= 11 is 1.70. The maximum atomic E-state index is 11.0. The Bertz CT molecular complexity index is 306. The van der Waals surface area contributed by atoms with Gasteiger partial charge in [0.1, 0.15) is 0 Å². The van der Waals surface area contributed by atoms with Crippen molar-refractivity contribution in [1.29, 1.82) is 0 Å². The van der Waals surface area contributed by atoms with E-state index in [4.69, 9.17) is 5.53 Å². The van der Waals surface area contributed by atoms with Gasteiger partial charge >= 0.3 is 0 Å². The number of nitrogens with zero attached hydrogens (tertiary/aromatic N) is 3. The highest BCUT2D eigenvalue weighted by Crippen LogP contribution is 2.34. The van der Waals surface area contributed by atoms with Crippen LogP contribution in [0.25, 0.3) is 5.53 Å². The molecule has 0 radical (unpaired) electrons. The minimum atomic E-state index is 0.149. The van der Waals surface area contributed by atoms with Crippen molar-refractivity contribution in [2.24, 2.45) is 0 Å². The Morgan fingerprint density at radius 3 is 3.33 bits per heavy atom. The van der Waals surface area contributed by atoms with Crippen molar-refractivity contribution in [2.45, 2.75) is 11.8 Å². The summed E-state index contributed by atoms with van der Waals surface area (Å²) in [4.78, 5) is 15.6. The van der Waals surface area contributed by atoms with Crippen LogP contribution in [0.1, 0.15) is 6.42 Å². The maximum absolute atomic E-state index is 11.0. The van der Waals surface area contributed by atoms with Gasteiger partial charge in [0, 0.05) is 12.0 Å². The number of rotatable bonds is 1. The van der Waals surface area contributed by atoms with Crippen LogP contribution >= 0.6 is 11.8 Å². The lowest BCUT2D eigenvalue weighted by Gasteiger charge is -2.39. The number of hydrogen-bond acceptors (Lipinski definition) is 2. The third kappa shape index (κ3) is 1.07. The number of β-lactam (4-membered cyclic amide) rings is 1. The summed E-state index contributed by atoms with van der Waals surface area (Å²) in [6, 6.07) is 0. The largest absolute Gasteiger partial charge is 0.362 e. The normalized spacial score (nSPS) is 26.7. The van der Waals surface area contributed by atoms with Crippen LogP contribution in [0.3, 0.4) is 0 Å². The average Bonchev–Trinajstić information content (AvgIpc) is 2.07. The van der Waals surface area contributed by atoms with Gasteiger partial charge < -0.3 is 10.4 Å². The molecular formula is C7H7N3OS. The zero-order valence-corrected chi connectivity index (χ0v) is 7.12. The average molecular weight is 181 g/mol. The molecule has 0 spiro atoms. The van der Waals surface area contributed by atoms with E-state index in [0.29, 0.717) is 11.8 Å². The molecule has 2 aliphatic heterocycles. The molecule has 2 heterocycles. The van der Waals surface area contributed by atoms with Gasteiger partial charge in [-0.1, -0.05) is 0 Å². The van der Waals surface area contributed by atoms with Gasteiger partial charge in [0.05, 0.1) is 17.4 Å². The van der Waals surface area contributed by atoms with Gasteiger partial charge in [0.15, 0.2) is 0 Å². The van der Waals surface area contributed by atoms with Crippen molar-refractivity contribution in [3.63, 3.8) is 0 Å². The van der Waals surface area contributed by atoms with Crippen molar-refractivity contribution in [1.82, 2.24) is 4.90 Å². The molecule has 62 valence electrons. The van der Waals surface area contributed by atoms with Gasteiger partial charge in [-0.3, -0.25) is 4.79 Å². The van der Waals surface area contributed by atoms with Crippen molar-refractivity contribution in [3.05, 3.63) is 17.3 Å². The van der Waals surface area contributed by atoms with Gasteiger partial charge in [0.2, 0.25) is 5.91 Å². The van der Waals surface area contributed by atoms with Crippen LogP contribution in [0.5, 0.6) is 0 Å². The fourth-order valence-corrected chi connectivity index (χ4v) is 2.38. The molecule has 0 aromatic heterocycles. The SMILES string of the molecule is [N-]=[N+]=CC1=CN2C(=O)C[C@@H]2SC1. The molecule has 0 saturated carbocycles. The fraction of sp³-hybridized carbons (Fsp3) is 0.429. The minimum Gasteiger partial charge on any atom is -0.362 e. The van der Waals surface area contributed by atoms with Crippen molar-refractivity contribution < 1.29 is 9.58 Å². The van der Waals surface area contributed by atoms with E-state index in [1.54, 1.807) is 22.9 Å². The molecule has 2 rings (SSSR count). The van der Waals surface area contributed by atoms with Crippen LogP contribution in [-0.2, 0) is 4.79 Å². The summed E-state index contributed by atoms with van der Waals surface area (Å²) in [5.74, 6) is 0.967. The summed E-state index contributed by atoms with van der Waals surface area (Å²) in [7, 11) is 0. The van der Waals surface area contributed by atoms with Crippen LogP contribution in [-0.4, -0.2) is 32.9 Å². The summed E-state index contributed by atoms with van der Waals surface area (Å²) in [6.45, 7) is 0. The van der Waals surface area contributed by atoms with Crippen molar-refractivity contribution >= 4 is 23.9 Å². The third-order valence-electron chi connectivity index (χ3n) is 1.92. The number of carbonyl (C=O) groups excluding carboxylic acids is 1. The Hall–Kier alpha value is -1.06. The molecule has 0 unspecified atom stereocenters. The highest BCUT2D eigenvalue weighted by molar-refractivity contribution is 8.00. The first-order valence-electron chi connectivity index (χ1n) is 3.62. The Balaban J connectivity index is 2.18. The lowest BCUT2D eigenvalue weighted by Crippen LogP contribution is -2.49. The molecule has 1 fully saturated rings. The molecule has 0 aliphatic carbocycles. The summed E-state index contributed by atoms with van der Waals surface area (Å²) in [6.07, 6.45) is 3.77. The van der Waals surface area contributed by atoms with E-state index in [2.05, 4.69) is 4.79 Å². The standard InChI is InChI=1S/C7H7N3OS/c8-9-2-5-3-10-6(11)1-7(10)12-4-5/h2-3,7H,1,4H2/t7-/m0/s1. The second-order valence-electron chi connectivity index (χ2n) is 2.72.